The number of furan rings is 1. The average molecular weight is 508 g/mol. The third-order valence-electron chi connectivity index (χ3n) is 6.52. The zero-order chi connectivity index (χ0) is 25.4. The number of nitrogens with zero attached hydrogens (tertiary/aromatic N) is 5. The van der Waals surface area contributed by atoms with Crippen LogP contribution in [0.25, 0.3) is 28.1 Å². The largest absolute Gasteiger partial charge is 0.454 e. The molecule has 0 aliphatic heterocycles. The number of aryl methyl sites for hydroxylation is 1. The van der Waals surface area contributed by atoms with Gasteiger partial charge in [-0.05, 0) is 43.3 Å². The Balaban J connectivity index is 1.50. The van der Waals surface area contributed by atoms with Gasteiger partial charge >= 0.3 is 0 Å². The number of fused-ring (bicyclic) bond motifs is 1. The van der Waals surface area contributed by atoms with E-state index in [1.165, 1.54) is 11.3 Å². The van der Waals surface area contributed by atoms with Gasteiger partial charge in [-0.1, -0.05) is 42.5 Å². The number of thiazole rings is 1. The summed E-state index contributed by atoms with van der Waals surface area (Å²) >= 11 is 1.50. The van der Waals surface area contributed by atoms with Crippen molar-refractivity contribution in [1.82, 2.24) is 18.9 Å². The molecule has 0 radical (unpaired) electrons. The maximum atomic E-state index is 13.5. The molecule has 0 saturated carbocycles. The summed E-state index contributed by atoms with van der Waals surface area (Å²) in [7, 11) is 1.88. The Bertz CT molecular complexity index is 1790. The Morgan fingerprint density at radius 3 is 2.57 bits per heavy atom. The quantitative estimate of drug-likeness (QED) is 0.293. The van der Waals surface area contributed by atoms with Gasteiger partial charge in [0.25, 0.3) is 5.56 Å². The normalized spacial score (nSPS) is 12.0. The van der Waals surface area contributed by atoms with E-state index in [4.69, 9.17) is 9.41 Å². The smallest absolute Gasteiger partial charge is 0.297 e. The molecule has 6 rings (SSSR count). The zero-order valence-corrected chi connectivity index (χ0v) is 21.4. The number of rotatable bonds is 6. The minimum atomic E-state index is -0.152. The zero-order valence-electron chi connectivity index (χ0n) is 20.5. The lowest BCUT2D eigenvalue weighted by Crippen LogP contribution is -2.20. The second-order valence-corrected chi connectivity index (χ2v) is 9.63. The first kappa shape index (κ1) is 23.0. The number of para-hydroxylation sites is 2. The fraction of sp³-hybridized carbons (Fsp3) is 0.138. The topological polar surface area (TPSA) is 70.2 Å². The van der Waals surface area contributed by atoms with E-state index in [-0.39, 0.29) is 5.56 Å². The van der Waals surface area contributed by atoms with Gasteiger partial charge < -0.3 is 8.98 Å². The van der Waals surface area contributed by atoms with Gasteiger partial charge in [0, 0.05) is 42.7 Å². The van der Waals surface area contributed by atoms with Crippen LogP contribution in [0.2, 0.25) is 0 Å². The highest BCUT2D eigenvalue weighted by Gasteiger charge is 2.18. The van der Waals surface area contributed by atoms with Crippen LogP contribution in [0.5, 0.6) is 0 Å². The van der Waals surface area contributed by atoms with Crippen LogP contribution in [0.1, 0.15) is 11.4 Å². The number of aromatic nitrogens is 4. The predicted molar refractivity (Wildman–Crippen MR) is 146 cm³/mol. The first-order valence-corrected chi connectivity index (χ1v) is 12.9. The fourth-order valence-electron chi connectivity index (χ4n) is 4.49. The Hall–Kier alpha value is -4.43. The number of hydrogen-bond acceptors (Lipinski definition) is 5. The van der Waals surface area contributed by atoms with Crippen LogP contribution in [-0.4, -0.2) is 18.9 Å². The van der Waals surface area contributed by atoms with Crippen molar-refractivity contribution in [2.45, 2.75) is 19.9 Å². The van der Waals surface area contributed by atoms with E-state index in [1.54, 1.807) is 10.9 Å². The third-order valence-corrected chi connectivity index (χ3v) is 7.39. The monoisotopic (exact) mass is 507 g/mol. The van der Waals surface area contributed by atoms with Crippen molar-refractivity contribution >= 4 is 28.0 Å². The van der Waals surface area contributed by atoms with Gasteiger partial charge in [-0.25, -0.2) is 9.67 Å². The number of hydrogen-bond donors (Lipinski definition) is 0. The van der Waals surface area contributed by atoms with Gasteiger partial charge in [0.2, 0.25) is 0 Å². The molecule has 7 nitrogen and oxygen atoms in total. The third kappa shape index (κ3) is 4.25. The lowest BCUT2D eigenvalue weighted by molar-refractivity contribution is 0.606. The van der Waals surface area contributed by atoms with E-state index in [1.807, 2.05) is 96.8 Å². The average Bonchev–Trinajstić information content (AvgIpc) is 3.60. The summed E-state index contributed by atoms with van der Waals surface area (Å²) in [5.74, 6) is 0.770. The van der Waals surface area contributed by atoms with E-state index in [0.29, 0.717) is 12.2 Å². The molecule has 0 aliphatic carbocycles. The highest BCUT2D eigenvalue weighted by Crippen LogP contribution is 2.28. The summed E-state index contributed by atoms with van der Waals surface area (Å²) in [6.07, 6.45) is 2.53. The molecule has 4 heterocycles. The first-order chi connectivity index (χ1) is 18.1. The van der Waals surface area contributed by atoms with E-state index in [9.17, 15) is 4.79 Å². The molecule has 0 saturated heterocycles. The Morgan fingerprint density at radius 1 is 1.00 bits per heavy atom. The second kappa shape index (κ2) is 9.55. The van der Waals surface area contributed by atoms with Crippen LogP contribution in [0, 0.1) is 6.92 Å². The summed E-state index contributed by atoms with van der Waals surface area (Å²) in [4.78, 5) is 23.7. The van der Waals surface area contributed by atoms with Gasteiger partial charge in [0.1, 0.15) is 5.58 Å². The SMILES string of the molecule is Cc1c(N=c2scc(-c3cc4ccccc4o3)n2CCc2ccccn2)c(=O)n(-c2ccccc2)n1C. The molecule has 184 valence electrons. The minimum Gasteiger partial charge on any atom is -0.454 e. The molecule has 0 aliphatic rings. The predicted octanol–water partition coefficient (Wildman–Crippen LogP) is 5.63. The van der Waals surface area contributed by atoms with E-state index in [0.717, 1.165) is 50.7 Å². The van der Waals surface area contributed by atoms with Crippen molar-refractivity contribution in [3.05, 3.63) is 117 Å². The van der Waals surface area contributed by atoms with Gasteiger partial charge in [-0.3, -0.25) is 14.5 Å². The van der Waals surface area contributed by atoms with E-state index >= 15 is 0 Å². The molecule has 2 aromatic carbocycles. The lowest BCUT2D eigenvalue weighted by Gasteiger charge is -2.07. The molecular weight excluding hydrogens is 482 g/mol. The van der Waals surface area contributed by atoms with Crippen LogP contribution >= 0.6 is 11.3 Å². The molecule has 0 bridgehead atoms. The molecule has 0 N–H and O–H groups in total. The van der Waals surface area contributed by atoms with Crippen molar-refractivity contribution in [3.63, 3.8) is 0 Å². The molecule has 8 heteroatoms. The maximum Gasteiger partial charge on any atom is 0.297 e. The van der Waals surface area contributed by atoms with Crippen LogP contribution in [0.3, 0.4) is 0 Å². The van der Waals surface area contributed by atoms with Gasteiger partial charge in [0.15, 0.2) is 16.2 Å². The van der Waals surface area contributed by atoms with Gasteiger partial charge in [0.05, 0.1) is 17.1 Å². The maximum absolute atomic E-state index is 13.5. The van der Waals surface area contributed by atoms with Gasteiger partial charge in [-0.2, -0.15) is 0 Å². The standard InChI is InChI=1S/C29H25N5O2S/c1-20-27(28(35)34(32(20)2)23-12-4-3-5-13-23)31-29-33(17-15-22-11-8-9-16-30-22)24(19-37-29)26-18-21-10-6-7-14-25(21)36-26/h3-14,16,18-19H,15,17H2,1-2H3. The Kier molecular flexibility index (Phi) is 5.94. The van der Waals surface area contributed by atoms with Crippen molar-refractivity contribution < 1.29 is 4.42 Å². The van der Waals surface area contributed by atoms with Crippen molar-refractivity contribution in [1.29, 1.82) is 0 Å². The molecule has 0 unspecified atom stereocenters. The highest BCUT2D eigenvalue weighted by atomic mass is 32.1. The van der Waals surface area contributed by atoms with Crippen LogP contribution in [-0.2, 0) is 20.0 Å². The highest BCUT2D eigenvalue weighted by molar-refractivity contribution is 7.07. The van der Waals surface area contributed by atoms with E-state index < -0.39 is 0 Å². The van der Waals surface area contributed by atoms with Crippen LogP contribution in [0.15, 0.2) is 105 Å². The van der Waals surface area contributed by atoms with Crippen molar-refractivity contribution in [3.8, 4) is 17.1 Å². The molecule has 0 atom stereocenters. The molecule has 0 fully saturated rings. The minimum absolute atomic E-state index is 0.152. The number of benzene rings is 2. The summed E-state index contributed by atoms with van der Waals surface area (Å²) in [6.45, 7) is 2.57. The molecule has 6 aromatic rings. The number of pyridine rings is 1. The second-order valence-electron chi connectivity index (χ2n) is 8.80. The fourth-order valence-corrected chi connectivity index (χ4v) is 5.41. The van der Waals surface area contributed by atoms with Crippen LogP contribution < -0.4 is 10.4 Å². The summed E-state index contributed by atoms with van der Waals surface area (Å²) in [6, 6.07) is 25.6. The van der Waals surface area contributed by atoms with E-state index in [2.05, 4.69) is 15.6 Å². The van der Waals surface area contributed by atoms with Crippen LogP contribution in [0.4, 0.5) is 5.69 Å². The molecule has 37 heavy (non-hydrogen) atoms. The Labute approximate surface area is 217 Å². The van der Waals surface area contributed by atoms with Crippen molar-refractivity contribution in [2.24, 2.45) is 12.0 Å². The van der Waals surface area contributed by atoms with Crippen molar-refractivity contribution in [2.75, 3.05) is 0 Å². The molecule has 0 spiro atoms. The Morgan fingerprint density at radius 2 is 1.78 bits per heavy atom. The summed E-state index contributed by atoms with van der Waals surface area (Å²) in [5.41, 5.74) is 4.62. The molecule has 4 aromatic heterocycles. The molecule has 0 amide bonds. The summed E-state index contributed by atoms with van der Waals surface area (Å²) in [5, 5.41) is 3.09. The van der Waals surface area contributed by atoms with Gasteiger partial charge in [-0.15, -0.1) is 11.3 Å². The molecular formula is C29H25N5O2S. The lowest BCUT2D eigenvalue weighted by atomic mass is 10.2. The first-order valence-electron chi connectivity index (χ1n) is 12.1. The summed E-state index contributed by atoms with van der Waals surface area (Å²) < 4.78 is 11.8.